The van der Waals surface area contributed by atoms with Crippen molar-refractivity contribution in [2.75, 3.05) is 5.32 Å². The van der Waals surface area contributed by atoms with Crippen LogP contribution in [0.3, 0.4) is 0 Å². The Balaban J connectivity index is 2.85. The molecule has 3 heteroatoms. The van der Waals surface area contributed by atoms with Crippen molar-refractivity contribution >= 4 is 11.7 Å². The molecule has 0 aromatic heterocycles. The van der Waals surface area contributed by atoms with Crippen LogP contribution in [-0.4, -0.2) is 17.1 Å². The highest BCUT2D eigenvalue weighted by atomic mass is 16.4. The summed E-state index contributed by atoms with van der Waals surface area (Å²) in [5.74, 6) is -0.789. The van der Waals surface area contributed by atoms with Gasteiger partial charge in [0.1, 0.15) is 6.04 Å². The largest absolute Gasteiger partial charge is 0.480 e. The summed E-state index contributed by atoms with van der Waals surface area (Å²) in [7, 11) is 0. The zero-order chi connectivity index (χ0) is 12.1. The molecule has 0 aliphatic rings. The summed E-state index contributed by atoms with van der Waals surface area (Å²) < 4.78 is 0. The second-order valence-corrected chi connectivity index (χ2v) is 4.07. The van der Waals surface area contributed by atoms with Crippen LogP contribution < -0.4 is 5.32 Å². The summed E-state index contributed by atoms with van der Waals surface area (Å²) >= 11 is 0. The highest BCUT2D eigenvalue weighted by Crippen LogP contribution is 2.19. The molecule has 0 spiro atoms. The van der Waals surface area contributed by atoms with Gasteiger partial charge in [-0.1, -0.05) is 25.5 Å². The van der Waals surface area contributed by atoms with Crippen molar-refractivity contribution in [3.8, 4) is 0 Å². The third-order valence-electron chi connectivity index (χ3n) is 2.81. The maximum absolute atomic E-state index is 11.0. The Labute approximate surface area is 96.5 Å². The lowest BCUT2D eigenvalue weighted by molar-refractivity contribution is -0.138. The van der Waals surface area contributed by atoms with Gasteiger partial charge in [-0.15, -0.1) is 0 Å². The molecule has 0 bridgehead atoms. The van der Waals surface area contributed by atoms with Crippen LogP contribution in [0.4, 0.5) is 5.69 Å². The molecule has 0 aliphatic heterocycles. The number of carboxylic acid groups (broad SMARTS) is 1. The number of nitrogens with one attached hydrogen (secondary N) is 1. The number of carbonyl (C=O) groups is 1. The number of carboxylic acids is 1. The Hall–Kier alpha value is -1.51. The molecule has 16 heavy (non-hydrogen) atoms. The first-order valence-electron chi connectivity index (χ1n) is 5.61. The molecule has 0 saturated heterocycles. The van der Waals surface area contributed by atoms with E-state index in [0.717, 1.165) is 17.7 Å². The fourth-order valence-corrected chi connectivity index (χ4v) is 1.64. The average molecular weight is 221 g/mol. The molecule has 0 heterocycles. The molecule has 1 unspecified atom stereocenters. The van der Waals surface area contributed by atoms with Gasteiger partial charge < -0.3 is 10.4 Å². The van der Waals surface area contributed by atoms with E-state index < -0.39 is 12.0 Å². The quantitative estimate of drug-likeness (QED) is 0.803. The van der Waals surface area contributed by atoms with E-state index in [0.29, 0.717) is 6.42 Å². The minimum absolute atomic E-state index is 0.495. The van der Waals surface area contributed by atoms with Crippen LogP contribution in [0.5, 0.6) is 0 Å². The third kappa shape index (κ3) is 2.99. The average Bonchev–Trinajstić information content (AvgIpc) is 2.23. The summed E-state index contributed by atoms with van der Waals surface area (Å²) in [6, 6.07) is 5.39. The Morgan fingerprint density at radius 1 is 1.44 bits per heavy atom. The predicted molar refractivity (Wildman–Crippen MR) is 65.9 cm³/mol. The highest BCUT2D eigenvalue weighted by Gasteiger charge is 2.16. The van der Waals surface area contributed by atoms with Gasteiger partial charge in [0.2, 0.25) is 0 Å². The van der Waals surface area contributed by atoms with Crippen LogP contribution in [0.25, 0.3) is 0 Å². The van der Waals surface area contributed by atoms with Gasteiger partial charge in [0, 0.05) is 5.69 Å². The molecular weight excluding hydrogens is 202 g/mol. The van der Waals surface area contributed by atoms with Gasteiger partial charge >= 0.3 is 5.97 Å². The van der Waals surface area contributed by atoms with Crippen LogP contribution in [-0.2, 0) is 4.79 Å². The maximum Gasteiger partial charge on any atom is 0.326 e. The van der Waals surface area contributed by atoms with E-state index in [2.05, 4.69) is 5.32 Å². The van der Waals surface area contributed by atoms with E-state index in [-0.39, 0.29) is 0 Å². The molecule has 2 N–H and O–H groups in total. The van der Waals surface area contributed by atoms with Gasteiger partial charge in [-0.25, -0.2) is 4.79 Å². The minimum Gasteiger partial charge on any atom is -0.480 e. The first-order chi connectivity index (χ1) is 7.56. The lowest BCUT2D eigenvalue weighted by Gasteiger charge is -2.17. The minimum atomic E-state index is -0.789. The molecule has 1 aromatic carbocycles. The van der Waals surface area contributed by atoms with E-state index in [1.54, 1.807) is 0 Å². The molecule has 88 valence electrons. The third-order valence-corrected chi connectivity index (χ3v) is 2.81. The van der Waals surface area contributed by atoms with E-state index in [4.69, 9.17) is 5.11 Å². The van der Waals surface area contributed by atoms with E-state index in [1.165, 1.54) is 5.56 Å². The van der Waals surface area contributed by atoms with Gasteiger partial charge in [-0.2, -0.15) is 0 Å². The van der Waals surface area contributed by atoms with Gasteiger partial charge in [-0.05, 0) is 37.5 Å². The number of rotatable bonds is 5. The molecule has 0 amide bonds. The first kappa shape index (κ1) is 12.6. The van der Waals surface area contributed by atoms with Crippen molar-refractivity contribution in [1.82, 2.24) is 0 Å². The fraction of sp³-hybridized carbons (Fsp3) is 0.462. The van der Waals surface area contributed by atoms with Crippen molar-refractivity contribution in [1.29, 1.82) is 0 Å². The molecule has 1 aromatic rings. The van der Waals surface area contributed by atoms with Crippen LogP contribution in [0.2, 0.25) is 0 Å². The van der Waals surface area contributed by atoms with Gasteiger partial charge in [-0.3, -0.25) is 0 Å². The second-order valence-electron chi connectivity index (χ2n) is 4.07. The van der Waals surface area contributed by atoms with Crippen molar-refractivity contribution in [3.05, 3.63) is 29.3 Å². The van der Waals surface area contributed by atoms with E-state index >= 15 is 0 Å². The number of aryl methyl sites for hydroxylation is 1. The number of hydrogen-bond donors (Lipinski definition) is 2. The first-order valence-corrected chi connectivity index (χ1v) is 5.61. The Morgan fingerprint density at radius 2 is 2.12 bits per heavy atom. The fourth-order valence-electron chi connectivity index (χ4n) is 1.64. The zero-order valence-corrected chi connectivity index (χ0v) is 10.1. The van der Waals surface area contributed by atoms with Crippen molar-refractivity contribution in [2.24, 2.45) is 0 Å². The van der Waals surface area contributed by atoms with Crippen LogP contribution in [0.15, 0.2) is 18.2 Å². The predicted octanol–water partition coefficient (Wildman–Crippen LogP) is 2.97. The van der Waals surface area contributed by atoms with Crippen molar-refractivity contribution in [3.63, 3.8) is 0 Å². The summed E-state index contributed by atoms with van der Waals surface area (Å²) in [5.41, 5.74) is 3.20. The summed E-state index contributed by atoms with van der Waals surface area (Å²) in [4.78, 5) is 11.0. The summed E-state index contributed by atoms with van der Waals surface area (Å²) in [5, 5.41) is 12.2. The van der Waals surface area contributed by atoms with Gasteiger partial charge in [0.25, 0.3) is 0 Å². The normalized spacial score (nSPS) is 12.2. The molecule has 0 radical (unpaired) electrons. The SMILES string of the molecule is CCCC(Nc1cccc(C)c1C)C(=O)O. The van der Waals surface area contributed by atoms with E-state index in [9.17, 15) is 4.79 Å². The molecule has 0 aliphatic carbocycles. The Bertz CT molecular complexity index is 374. The lowest BCUT2D eigenvalue weighted by Crippen LogP contribution is -2.29. The number of anilines is 1. The second kappa shape index (κ2) is 5.54. The Kier molecular flexibility index (Phi) is 4.35. The molecule has 1 rings (SSSR count). The molecule has 0 saturated carbocycles. The van der Waals surface area contributed by atoms with Crippen LogP contribution in [0, 0.1) is 13.8 Å². The number of hydrogen-bond acceptors (Lipinski definition) is 2. The number of benzene rings is 1. The highest BCUT2D eigenvalue weighted by molar-refractivity contribution is 5.77. The standard InChI is InChI=1S/C13H19NO2/c1-4-6-12(13(15)16)14-11-8-5-7-9(2)10(11)3/h5,7-8,12,14H,4,6H2,1-3H3,(H,15,16). The summed E-state index contributed by atoms with van der Waals surface area (Å²) in [6.45, 7) is 6.01. The maximum atomic E-state index is 11.0. The van der Waals surface area contributed by atoms with Gasteiger partial charge in [0.05, 0.1) is 0 Å². The smallest absolute Gasteiger partial charge is 0.326 e. The molecular formula is C13H19NO2. The van der Waals surface area contributed by atoms with Crippen molar-refractivity contribution in [2.45, 2.75) is 39.7 Å². The molecule has 3 nitrogen and oxygen atoms in total. The summed E-state index contributed by atoms with van der Waals surface area (Å²) in [6.07, 6.45) is 1.50. The molecule has 1 atom stereocenters. The van der Waals surface area contributed by atoms with Crippen molar-refractivity contribution < 1.29 is 9.90 Å². The number of aliphatic carboxylic acids is 1. The molecule has 0 fully saturated rings. The Morgan fingerprint density at radius 3 is 2.69 bits per heavy atom. The van der Waals surface area contributed by atoms with E-state index in [1.807, 2.05) is 39.0 Å². The topological polar surface area (TPSA) is 49.3 Å². The van der Waals surface area contributed by atoms with Crippen LogP contribution >= 0.6 is 0 Å². The zero-order valence-electron chi connectivity index (χ0n) is 10.1. The van der Waals surface area contributed by atoms with Gasteiger partial charge in [0.15, 0.2) is 0 Å². The lowest BCUT2D eigenvalue weighted by atomic mass is 10.1. The monoisotopic (exact) mass is 221 g/mol. The van der Waals surface area contributed by atoms with Crippen LogP contribution in [0.1, 0.15) is 30.9 Å².